The SMILES string of the molecule is O=C(O)C(F)(F)F.O=C(O)C(F)(F)F.c1cncc(CN2CCC3(CCN(CC4CC4)CC3)C2)c1. The average molecular weight is 513 g/mol. The molecule has 0 amide bonds. The van der Waals surface area contributed by atoms with Gasteiger partial charge in [-0.25, -0.2) is 9.59 Å². The summed E-state index contributed by atoms with van der Waals surface area (Å²) in [6, 6.07) is 4.26. The lowest BCUT2D eigenvalue weighted by atomic mass is 9.77. The highest BCUT2D eigenvalue weighted by atomic mass is 19.4. The zero-order valence-electron chi connectivity index (χ0n) is 19.0. The number of aromatic nitrogens is 1. The summed E-state index contributed by atoms with van der Waals surface area (Å²) in [7, 11) is 0. The van der Waals surface area contributed by atoms with E-state index >= 15 is 0 Å². The monoisotopic (exact) mass is 513 g/mol. The highest BCUT2D eigenvalue weighted by molar-refractivity contribution is 5.73. The first-order valence-corrected chi connectivity index (χ1v) is 11.1. The number of likely N-dealkylation sites (tertiary alicyclic amines) is 2. The average Bonchev–Trinajstić information content (AvgIpc) is 3.50. The van der Waals surface area contributed by atoms with E-state index in [1.165, 1.54) is 70.4 Å². The van der Waals surface area contributed by atoms with Gasteiger partial charge in [0.15, 0.2) is 0 Å². The number of nitrogens with zero attached hydrogens (tertiary/aromatic N) is 3. The molecule has 7 nitrogen and oxygen atoms in total. The number of hydrogen-bond donors (Lipinski definition) is 2. The van der Waals surface area contributed by atoms with E-state index in [-0.39, 0.29) is 0 Å². The van der Waals surface area contributed by atoms with Crippen molar-refractivity contribution >= 4 is 11.9 Å². The zero-order chi connectivity index (χ0) is 26.3. The molecule has 2 saturated heterocycles. The second-order valence-electron chi connectivity index (χ2n) is 9.17. The minimum absolute atomic E-state index is 0.627. The van der Waals surface area contributed by atoms with Crippen molar-refractivity contribution in [2.45, 2.75) is 51.0 Å². The number of aliphatic carboxylic acids is 2. The van der Waals surface area contributed by atoms with Crippen LogP contribution >= 0.6 is 0 Å². The molecule has 3 aliphatic rings. The van der Waals surface area contributed by atoms with Crippen molar-refractivity contribution in [3.8, 4) is 0 Å². The van der Waals surface area contributed by atoms with Gasteiger partial charge in [0.05, 0.1) is 0 Å². The van der Waals surface area contributed by atoms with Crippen LogP contribution in [0.3, 0.4) is 0 Å². The number of carboxylic acid groups (broad SMARTS) is 2. The van der Waals surface area contributed by atoms with E-state index in [1.807, 2.05) is 12.4 Å². The lowest BCUT2D eigenvalue weighted by Crippen LogP contribution is -2.42. The molecule has 3 heterocycles. The van der Waals surface area contributed by atoms with Gasteiger partial charge in [-0.05, 0) is 74.7 Å². The third-order valence-electron chi connectivity index (χ3n) is 6.26. The molecule has 1 aromatic rings. The van der Waals surface area contributed by atoms with Gasteiger partial charge in [-0.1, -0.05) is 6.07 Å². The Morgan fingerprint density at radius 3 is 1.83 bits per heavy atom. The van der Waals surface area contributed by atoms with E-state index in [9.17, 15) is 26.3 Å². The number of pyridine rings is 1. The van der Waals surface area contributed by atoms with Crippen LogP contribution in [0, 0.1) is 11.3 Å². The number of piperidine rings is 1. The summed E-state index contributed by atoms with van der Waals surface area (Å²) >= 11 is 0. The topological polar surface area (TPSA) is 94.0 Å². The van der Waals surface area contributed by atoms with Gasteiger partial charge in [0.1, 0.15) is 0 Å². The molecule has 13 heteroatoms. The van der Waals surface area contributed by atoms with Gasteiger partial charge in [0.2, 0.25) is 0 Å². The van der Waals surface area contributed by atoms with Crippen LogP contribution in [0.1, 0.15) is 37.7 Å². The Hall–Kier alpha value is -2.41. The van der Waals surface area contributed by atoms with Crippen molar-refractivity contribution in [1.29, 1.82) is 0 Å². The normalized spacial score (nSPS) is 20.4. The van der Waals surface area contributed by atoms with E-state index in [0.29, 0.717) is 5.41 Å². The van der Waals surface area contributed by atoms with Crippen LogP contribution in [0.25, 0.3) is 0 Å². The summed E-state index contributed by atoms with van der Waals surface area (Å²) in [5, 5.41) is 14.2. The number of carboxylic acids is 2. The molecule has 0 atom stereocenters. The molecule has 0 radical (unpaired) electrons. The Morgan fingerprint density at radius 1 is 0.943 bits per heavy atom. The maximum Gasteiger partial charge on any atom is 0.490 e. The van der Waals surface area contributed by atoms with Crippen molar-refractivity contribution in [3.63, 3.8) is 0 Å². The zero-order valence-corrected chi connectivity index (χ0v) is 19.0. The minimum atomic E-state index is -5.08. The van der Waals surface area contributed by atoms with Crippen LogP contribution in [0.15, 0.2) is 24.5 Å². The van der Waals surface area contributed by atoms with E-state index < -0.39 is 24.3 Å². The Labute approximate surface area is 198 Å². The molecule has 1 aromatic heterocycles. The Balaban J connectivity index is 0.000000257. The quantitative estimate of drug-likeness (QED) is 0.587. The third-order valence-corrected chi connectivity index (χ3v) is 6.26. The van der Waals surface area contributed by atoms with Gasteiger partial charge in [-0.15, -0.1) is 0 Å². The predicted octanol–water partition coefficient (Wildman–Crippen LogP) is 4.05. The summed E-state index contributed by atoms with van der Waals surface area (Å²) in [6.45, 7) is 7.74. The second kappa shape index (κ2) is 12.0. The number of rotatable bonds is 4. The van der Waals surface area contributed by atoms with Crippen molar-refractivity contribution in [2.75, 3.05) is 32.7 Å². The highest BCUT2D eigenvalue weighted by Gasteiger charge is 2.41. The fourth-order valence-corrected chi connectivity index (χ4v) is 4.20. The molecule has 0 bridgehead atoms. The Bertz CT molecular complexity index is 799. The van der Waals surface area contributed by atoms with Crippen LogP contribution in [-0.4, -0.2) is 82.0 Å². The molecule has 1 aliphatic carbocycles. The first-order chi connectivity index (χ1) is 16.2. The summed E-state index contributed by atoms with van der Waals surface area (Å²) in [4.78, 5) is 27.4. The van der Waals surface area contributed by atoms with Gasteiger partial charge in [-0.2, -0.15) is 26.3 Å². The summed E-state index contributed by atoms with van der Waals surface area (Å²) < 4.78 is 63.5. The Kier molecular flexibility index (Phi) is 9.90. The molecule has 1 saturated carbocycles. The predicted molar refractivity (Wildman–Crippen MR) is 112 cm³/mol. The molecule has 4 rings (SSSR count). The standard InChI is InChI=1S/C18H27N3.2C2HF3O2/c1-2-17(12-19-8-1)14-21-11-7-18(15-21)5-9-20(10-6-18)13-16-3-4-16;2*3-2(4,5)1(6)7/h1-2,8,12,16H,3-7,9-11,13-15H2;2*(H,6,7). The first-order valence-electron chi connectivity index (χ1n) is 11.1. The van der Waals surface area contributed by atoms with Crippen LogP contribution in [-0.2, 0) is 16.1 Å². The molecule has 2 N–H and O–H groups in total. The smallest absolute Gasteiger partial charge is 0.475 e. The molecule has 35 heavy (non-hydrogen) atoms. The van der Waals surface area contributed by atoms with Crippen LogP contribution in [0.4, 0.5) is 26.3 Å². The van der Waals surface area contributed by atoms with E-state index in [2.05, 4.69) is 26.9 Å². The minimum Gasteiger partial charge on any atom is -0.475 e. The van der Waals surface area contributed by atoms with E-state index in [0.717, 1.165) is 12.5 Å². The van der Waals surface area contributed by atoms with Gasteiger partial charge >= 0.3 is 24.3 Å². The van der Waals surface area contributed by atoms with Crippen LogP contribution in [0.2, 0.25) is 0 Å². The molecule has 0 unspecified atom stereocenters. The maximum absolute atomic E-state index is 10.6. The van der Waals surface area contributed by atoms with E-state index in [4.69, 9.17) is 19.8 Å². The number of halogens is 6. The molecule has 1 spiro atoms. The second-order valence-corrected chi connectivity index (χ2v) is 9.17. The van der Waals surface area contributed by atoms with E-state index in [1.54, 1.807) is 0 Å². The van der Waals surface area contributed by atoms with Gasteiger partial charge in [0, 0.05) is 32.0 Å². The van der Waals surface area contributed by atoms with Crippen molar-refractivity contribution in [3.05, 3.63) is 30.1 Å². The Morgan fingerprint density at radius 2 is 1.43 bits per heavy atom. The van der Waals surface area contributed by atoms with Gasteiger partial charge < -0.3 is 15.1 Å². The number of hydrogen-bond acceptors (Lipinski definition) is 5. The molecule has 0 aromatic carbocycles. The molecule has 198 valence electrons. The van der Waals surface area contributed by atoms with Crippen LogP contribution < -0.4 is 0 Å². The molecule has 3 fully saturated rings. The van der Waals surface area contributed by atoms with Gasteiger partial charge in [-0.3, -0.25) is 9.88 Å². The molecule has 2 aliphatic heterocycles. The summed E-state index contributed by atoms with van der Waals surface area (Å²) in [6.07, 6.45) is 0.936. The lowest BCUT2D eigenvalue weighted by molar-refractivity contribution is -0.193. The first kappa shape index (κ1) is 28.8. The fraction of sp³-hybridized carbons (Fsp3) is 0.682. The summed E-state index contributed by atoms with van der Waals surface area (Å²) in [5.74, 6) is -4.47. The lowest BCUT2D eigenvalue weighted by Gasteiger charge is -2.39. The maximum atomic E-state index is 10.6. The fourth-order valence-electron chi connectivity index (χ4n) is 4.20. The van der Waals surface area contributed by atoms with Crippen LogP contribution in [0.5, 0.6) is 0 Å². The highest BCUT2D eigenvalue weighted by Crippen LogP contribution is 2.41. The number of alkyl halides is 6. The molecular formula is C22H29F6N3O4. The molecular weight excluding hydrogens is 484 g/mol. The number of carbonyl (C=O) groups is 2. The van der Waals surface area contributed by atoms with Gasteiger partial charge in [0.25, 0.3) is 0 Å². The summed E-state index contributed by atoms with van der Waals surface area (Å²) in [5.41, 5.74) is 1.99. The van der Waals surface area contributed by atoms with Crippen molar-refractivity contribution in [2.24, 2.45) is 11.3 Å². The van der Waals surface area contributed by atoms with Crippen molar-refractivity contribution < 1.29 is 46.1 Å². The largest absolute Gasteiger partial charge is 0.490 e. The third kappa shape index (κ3) is 10.4. The van der Waals surface area contributed by atoms with Crippen molar-refractivity contribution in [1.82, 2.24) is 14.8 Å².